The molecule has 0 aliphatic rings. The Labute approximate surface area is 84.6 Å². The Morgan fingerprint density at radius 3 is 2.31 bits per heavy atom. The van der Waals surface area contributed by atoms with Gasteiger partial charge in [-0.2, -0.15) is 11.8 Å². The number of hydrogen-bond donors (Lipinski definition) is 2. The van der Waals surface area contributed by atoms with Crippen molar-refractivity contribution in [2.24, 2.45) is 17.4 Å². The molecule has 13 heavy (non-hydrogen) atoms. The molecule has 1 amide bonds. The van der Waals surface area contributed by atoms with E-state index in [1.165, 1.54) is 0 Å². The molecule has 2 unspecified atom stereocenters. The largest absolute Gasteiger partial charge is 0.368 e. The Hall–Kier alpha value is -0.220. The van der Waals surface area contributed by atoms with E-state index in [0.29, 0.717) is 17.6 Å². The van der Waals surface area contributed by atoms with E-state index >= 15 is 0 Å². The molecule has 0 rings (SSSR count). The smallest absolute Gasteiger partial charge is 0.234 e. The summed E-state index contributed by atoms with van der Waals surface area (Å²) in [5, 5.41) is 0.611. The fourth-order valence-corrected chi connectivity index (χ4v) is 1.86. The summed E-state index contributed by atoms with van der Waals surface area (Å²) < 4.78 is 0. The van der Waals surface area contributed by atoms with Gasteiger partial charge in [-0.25, -0.2) is 0 Å². The maximum atomic E-state index is 10.6. The van der Waals surface area contributed by atoms with E-state index in [4.69, 9.17) is 11.5 Å². The number of carbonyl (C=O) groups is 1. The highest BCUT2D eigenvalue weighted by Gasteiger charge is 2.11. The molecule has 0 heterocycles. The monoisotopic (exact) mass is 204 g/mol. The molecule has 0 radical (unpaired) electrons. The van der Waals surface area contributed by atoms with Gasteiger partial charge in [-0.05, 0) is 18.1 Å². The molecule has 0 aromatic heterocycles. The van der Waals surface area contributed by atoms with E-state index in [2.05, 4.69) is 20.8 Å². The molecule has 0 fully saturated rings. The zero-order valence-electron chi connectivity index (χ0n) is 8.62. The average Bonchev–Trinajstić information content (AvgIpc) is 2.03. The first-order valence-corrected chi connectivity index (χ1v) is 5.66. The van der Waals surface area contributed by atoms with Gasteiger partial charge in [-0.1, -0.05) is 20.8 Å². The quantitative estimate of drug-likeness (QED) is 0.677. The van der Waals surface area contributed by atoms with Crippen molar-refractivity contribution >= 4 is 17.7 Å². The van der Waals surface area contributed by atoms with Crippen molar-refractivity contribution in [3.8, 4) is 0 Å². The van der Waals surface area contributed by atoms with Gasteiger partial charge in [0.15, 0.2) is 0 Å². The van der Waals surface area contributed by atoms with Gasteiger partial charge in [-0.15, -0.1) is 0 Å². The van der Waals surface area contributed by atoms with Gasteiger partial charge >= 0.3 is 0 Å². The Morgan fingerprint density at radius 2 is 1.92 bits per heavy atom. The van der Waals surface area contributed by atoms with Gasteiger partial charge in [0.1, 0.15) is 0 Å². The lowest BCUT2D eigenvalue weighted by atomic mass is 10.2. The molecule has 0 saturated carbocycles. The second-order valence-corrected chi connectivity index (χ2v) is 5.10. The summed E-state index contributed by atoms with van der Waals surface area (Å²) in [6.07, 6.45) is 0.678. The molecule has 0 saturated heterocycles. The topological polar surface area (TPSA) is 69.1 Å². The third-order valence-corrected chi connectivity index (χ3v) is 3.66. The minimum atomic E-state index is -0.480. The molecule has 4 N–H and O–H groups in total. The number of hydrogen-bond acceptors (Lipinski definition) is 3. The first-order chi connectivity index (χ1) is 5.95. The third kappa shape index (κ3) is 5.93. The summed E-state index contributed by atoms with van der Waals surface area (Å²) in [6, 6.07) is -0.480. The zero-order valence-corrected chi connectivity index (χ0v) is 9.43. The summed E-state index contributed by atoms with van der Waals surface area (Å²) in [6.45, 7) is 6.56. The molecular formula is C9H20N2OS. The SMILES string of the molecule is CC(C)C(C)SCCC(N)C(N)=O. The van der Waals surface area contributed by atoms with Gasteiger partial charge in [0, 0.05) is 5.25 Å². The Morgan fingerprint density at radius 1 is 1.38 bits per heavy atom. The molecule has 0 aromatic carbocycles. The average molecular weight is 204 g/mol. The highest BCUT2D eigenvalue weighted by Crippen LogP contribution is 2.19. The summed E-state index contributed by atoms with van der Waals surface area (Å²) in [5.74, 6) is 1.16. The van der Waals surface area contributed by atoms with Crippen LogP contribution in [0.4, 0.5) is 0 Å². The summed E-state index contributed by atoms with van der Waals surface area (Å²) >= 11 is 1.84. The van der Waals surface area contributed by atoms with Crippen LogP contribution in [0.1, 0.15) is 27.2 Å². The lowest BCUT2D eigenvalue weighted by molar-refractivity contribution is -0.119. The number of amides is 1. The van der Waals surface area contributed by atoms with E-state index in [9.17, 15) is 4.79 Å². The van der Waals surface area contributed by atoms with Crippen LogP contribution in [0, 0.1) is 5.92 Å². The fraction of sp³-hybridized carbons (Fsp3) is 0.889. The number of primary amides is 1. The molecule has 3 nitrogen and oxygen atoms in total. The predicted molar refractivity (Wildman–Crippen MR) is 58.5 cm³/mol. The lowest BCUT2D eigenvalue weighted by Crippen LogP contribution is -2.36. The normalized spacial score (nSPS) is 15.8. The van der Waals surface area contributed by atoms with Crippen LogP contribution in [0.5, 0.6) is 0 Å². The molecule has 2 atom stereocenters. The maximum absolute atomic E-state index is 10.6. The first kappa shape index (κ1) is 12.8. The third-order valence-electron chi connectivity index (χ3n) is 2.11. The van der Waals surface area contributed by atoms with Crippen molar-refractivity contribution < 1.29 is 4.79 Å². The van der Waals surface area contributed by atoms with E-state index in [1.807, 2.05) is 11.8 Å². The summed E-state index contributed by atoms with van der Waals surface area (Å²) in [4.78, 5) is 10.6. The number of carbonyl (C=O) groups excluding carboxylic acids is 1. The predicted octanol–water partition coefficient (Wildman–Crippen LogP) is 0.967. The van der Waals surface area contributed by atoms with Crippen LogP contribution in [0.25, 0.3) is 0 Å². The van der Waals surface area contributed by atoms with Gasteiger partial charge < -0.3 is 11.5 Å². The van der Waals surface area contributed by atoms with E-state index < -0.39 is 11.9 Å². The van der Waals surface area contributed by atoms with E-state index in [0.717, 1.165) is 5.75 Å². The minimum Gasteiger partial charge on any atom is -0.368 e. The molecule has 0 aliphatic heterocycles. The Kier molecular flexibility index (Phi) is 6.16. The number of rotatable bonds is 6. The molecule has 0 bridgehead atoms. The first-order valence-electron chi connectivity index (χ1n) is 4.61. The molecular weight excluding hydrogens is 184 g/mol. The van der Waals surface area contributed by atoms with Crippen LogP contribution in [0.2, 0.25) is 0 Å². The van der Waals surface area contributed by atoms with Gasteiger partial charge in [0.2, 0.25) is 5.91 Å². The zero-order chi connectivity index (χ0) is 10.4. The van der Waals surface area contributed by atoms with Crippen LogP contribution in [-0.2, 0) is 4.79 Å². The highest BCUT2D eigenvalue weighted by molar-refractivity contribution is 7.99. The van der Waals surface area contributed by atoms with Crippen LogP contribution >= 0.6 is 11.8 Å². The second kappa shape index (κ2) is 6.27. The number of nitrogens with two attached hydrogens (primary N) is 2. The molecule has 4 heteroatoms. The summed E-state index contributed by atoms with van der Waals surface area (Å²) in [5.41, 5.74) is 10.5. The molecule has 78 valence electrons. The van der Waals surface area contributed by atoms with E-state index in [-0.39, 0.29) is 0 Å². The Balaban J connectivity index is 3.50. The lowest BCUT2D eigenvalue weighted by Gasteiger charge is -2.15. The fourth-order valence-electron chi connectivity index (χ4n) is 0.716. The van der Waals surface area contributed by atoms with Crippen molar-refractivity contribution in [1.29, 1.82) is 0 Å². The number of thioether (sulfide) groups is 1. The maximum Gasteiger partial charge on any atom is 0.234 e. The standard InChI is InChI=1S/C9H20N2OS/c1-6(2)7(3)13-5-4-8(10)9(11)12/h6-8H,4-5,10H2,1-3H3,(H2,11,12). The van der Waals surface area contributed by atoms with Crippen molar-refractivity contribution in [2.45, 2.75) is 38.5 Å². The van der Waals surface area contributed by atoms with E-state index in [1.54, 1.807) is 0 Å². The van der Waals surface area contributed by atoms with Gasteiger partial charge in [0.25, 0.3) is 0 Å². The molecule has 0 spiro atoms. The van der Waals surface area contributed by atoms with Crippen LogP contribution in [-0.4, -0.2) is 23.0 Å². The van der Waals surface area contributed by atoms with Crippen molar-refractivity contribution in [3.63, 3.8) is 0 Å². The highest BCUT2D eigenvalue weighted by atomic mass is 32.2. The van der Waals surface area contributed by atoms with Crippen LogP contribution in [0.3, 0.4) is 0 Å². The minimum absolute atomic E-state index is 0.405. The van der Waals surface area contributed by atoms with Crippen LogP contribution in [0.15, 0.2) is 0 Å². The van der Waals surface area contributed by atoms with Crippen molar-refractivity contribution in [3.05, 3.63) is 0 Å². The summed E-state index contributed by atoms with van der Waals surface area (Å²) in [7, 11) is 0. The van der Waals surface area contributed by atoms with Crippen molar-refractivity contribution in [1.82, 2.24) is 0 Å². The van der Waals surface area contributed by atoms with Gasteiger partial charge in [0.05, 0.1) is 6.04 Å². The molecule has 0 aromatic rings. The van der Waals surface area contributed by atoms with Crippen molar-refractivity contribution in [2.75, 3.05) is 5.75 Å². The van der Waals surface area contributed by atoms with Gasteiger partial charge in [-0.3, -0.25) is 4.79 Å². The van der Waals surface area contributed by atoms with Crippen LogP contribution < -0.4 is 11.5 Å². The second-order valence-electron chi connectivity index (χ2n) is 3.62. The Bertz CT molecular complexity index is 162. The molecule has 0 aliphatic carbocycles.